The molecule has 6 heteroatoms. The van der Waals surface area contributed by atoms with E-state index in [1.54, 1.807) is 48.5 Å². The van der Waals surface area contributed by atoms with Crippen LogP contribution < -0.4 is 10.1 Å². The van der Waals surface area contributed by atoms with Gasteiger partial charge in [-0.1, -0.05) is 24.3 Å². The van der Waals surface area contributed by atoms with Crippen molar-refractivity contribution in [3.8, 4) is 5.75 Å². The lowest BCUT2D eigenvalue weighted by molar-refractivity contribution is -0.119. The number of carbonyl (C=O) groups excluding carboxylic acids is 3. The van der Waals surface area contributed by atoms with E-state index in [2.05, 4.69) is 5.32 Å². The number of methoxy groups -OCH3 is 1. The molecule has 1 aliphatic rings. The number of anilines is 1. The standard InChI is InChI=1S/C18H16N2O4/c1-11(16(21)19-14-9-5-6-10-15(14)24-2)20-17(22)12-7-3-4-8-13(12)18(20)23/h3-11H,1-2H3,(H,19,21)/t11-/m1/s1. The summed E-state index contributed by atoms with van der Waals surface area (Å²) in [7, 11) is 1.50. The van der Waals surface area contributed by atoms with Crippen molar-refractivity contribution in [3.63, 3.8) is 0 Å². The molecule has 1 aliphatic heterocycles. The van der Waals surface area contributed by atoms with Crippen LogP contribution in [0.15, 0.2) is 48.5 Å². The molecular weight excluding hydrogens is 308 g/mol. The van der Waals surface area contributed by atoms with Crippen molar-refractivity contribution >= 4 is 23.4 Å². The second-order valence-electron chi connectivity index (χ2n) is 5.39. The molecule has 1 atom stereocenters. The Hall–Kier alpha value is -3.15. The van der Waals surface area contributed by atoms with Crippen LogP contribution in [0.1, 0.15) is 27.6 Å². The molecule has 1 N–H and O–H groups in total. The first-order chi connectivity index (χ1) is 11.5. The Labute approximate surface area is 139 Å². The number of nitrogens with one attached hydrogen (secondary N) is 1. The zero-order chi connectivity index (χ0) is 17.3. The van der Waals surface area contributed by atoms with Crippen LogP contribution in [0, 0.1) is 0 Å². The summed E-state index contributed by atoms with van der Waals surface area (Å²) in [6.45, 7) is 1.52. The number of amides is 3. The molecule has 0 bridgehead atoms. The number of rotatable bonds is 4. The number of nitrogens with zero attached hydrogens (tertiary/aromatic N) is 1. The minimum atomic E-state index is -0.942. The normalized spacial score (nSPS) is 14.3. The molecule has 0 saturated carbocycles. The molecule has 2 aromatic rings. The fraction of sp³-hybridized carbons (Fsp3) is 0.167. The van der Waals surface area contributed by atoms with Gasteiger partial charge in [0.2, 0.25) is 5.91 Å². The third kappa shape index (κ3) is 2.52. The van der Waals surface area contributed by atoms with E-state index in [1.807, 2.05) is 0 Å². The molecule has 0 fully saturated rings. The first-order valence-electron chi connectivity index (χ1n) is 7.45. The summed E-state index contributed by atoms with van der Waals surface area (Å²) in [6.07, 6.45) is 0. The Balaban J connectivity index is 1.82. The van der Waals surface area contributed by atoms with Gasteiger partial charge < -0.3 is 10.1 Å². The van der Waals surface area contributed by atoms with Crippen LogP contribution in [0.2, 0.25) is 0 Å². The van der Waals surface area contributed by atoms with Gasteiger partial charge in [0.15, 0.2) is 0 Å². The van der Waals surface area contributed by atoms with Crippen molar-refractivity contribution in [2.75, 3.05) is 12.4 Å². The van der Waals surface area contributed by atoms with Crippen molar-refractivity contribution < 1.29 is 19.1 Å². The number of benzene rings is 2. The molecular formula is C18H16N2O4. The van der Waals surface area contributed by atoms with Gasteiger partial charge >= 0.3 is 0 Å². The molecule has 0 aromatic heterocycles. The largest absolute Gasteiger partial charge is 0.495 e. The summed E-state index contributed by atoms with van der Waals surface area (Å²) < 4.78 is 5.18. The first-order valence-corrected chi connectivity index (χ1v) is 7.45. The van der Waals surface area contributed by atoms with E-state index in [1.165, 1.54) is 14.0 Å². The maximum absolute atomic E-state index is 12.5. The van der Waals surface area contributed by atoms with E-state index in [0.717, 1.165) is 4.90 Å². The van der Waals surface area contributed by atoms with Crippen LogP contribution in [-0.2, 0) is 4.79 Å². The highest BCUT2D eigenvalue weighted by molar-refractivity contribution is 6.23. The second-order valence-corrected chi connectivity index (χ2v) is 5.39. The highest BCUT2D eigenvalue weighted by Gasteiger charge is 2.40. The molecule has 0 unspecified atom stereocenters. The average Bonchev–Trinajstić information content (AvgIpc) is 2.86. The minimum Gasteiger partial charge on any atom is -0.495 e. The molecule has 24 heavy (non-hydrogen) atoms. The number of fused-ring (bicyclic) bond motifs is 1. The molecule has 0 radical (unpaired) electrons. The van der Waals surface area contributed by atoms with Gasteiger partial charge in [0, 0.05) is 0 Å². The molecule has 0 saturated heterocycles. The third-order valence-electron chi connectivity index (χ3n) is 3.96. The molecule has 2 aromatic carbocycles. The Morgan fingerprint density at radius 1 is 1.00 bits per heavy atom. The number of para-hydroxylation sites is 2. The van der Waals surface area contributed by atoms with Gasteiger partial charge in [0.1, 0.15) is 11.8 Å². The fourth-order valence-corrected chi connectivity index (χ4v) is 2.66. The van der Waals surface area contributed by atoms with Crippen LogP contribution in [0.3, 0.4) is 0 Å². The molecule has 1 heterocycles. The average molecular weight is 324 g/mol. The van der Waals surface area contributed by atoms with Crippen LogP contribution in [-0.4, -0.2) is 35.8 Å². The number of carbonyl (C=O) groups is 3. The van der Waals surface area contributed by atoms with E-state index in [-0.39, 0.29) is 0 Å². The lowest BCUT2D eigenvalue weighted by Crippen LogP contribution is -2.45. The van der Waals surface area contributed by atoms with Crippen molar-refractivity contribution in [1.82, 2.24) is 4.90 Å². The quantitative estimate of drug-likeness (QED) is 0.876. The summed E-state index contributed by atoms with van der Waals surface area (Å²) in [5.74, 6) is -0.883. The summed E-state index contributed by atoms with van der Waals surface area (Å²) in [6, 6.07) is 12.5. The summed E-state index contributed by atoms with van der Waals surface area (Å²) >= 11 is 0. The van der Waals surface area contributed by atoms with Gasteiger partial charge in [-0.3, -0.25) is 19.3 Å². The van der Waals surface area contributed by atoms with Gasteiger partial charge in [-0.05, 0) is 31.2 Å². The molecule has 3 rings (SSSR count). The molecule has 6 nitrogen and oxygen atoms in total. The summed E-state index contributed by atoms with van der Waals surface area (Å²) in [4.78, 5) is 38.3. The maximum Gasteiger partial charge on any atom is 0.262 e. The number of imide groups is 1. The van der Waals surface area contributed by atoms with Crippen molar-refractivity contribution in [2.24, 2.45) is 0 Å². The van der Waals surface area contributed by atoms with Gasteiger partial charge in [0.05, 0.1) is 23.9 Å². The molecule has 0 spiro atoms. The predicted molar refractivity (Wildman–Crippen MR) is 88.0 cm³/mol. The van der Waals surface area contributed by atoms with Crippen molar-refractivity contribution in [1.29, 1.82) is 0 Å². The monoisotopic (exact) mass is 324 g/mol. The van der Waals surface area contributed by atoms with E-state index in [4.69, 9.17) is 4.74 Å². The number of hydrogen-bond acceptors (Lipinski definition) is 4. The second kappa shape index (κ2) is 6.16. The predicted octanol–water partition coefficient (Wildman–Crippen LogP) is 2.32. The highest BCUT2D eigenvalue weighted by atomic mass is 16.5. The lowest BCUT2D eigenvalue weighted by atomic mass is 10.1. The molecule has 122 valence electrons. The Kier molecular flexibility index (Phi) is 4.04. The Morgan fingerprint density at radius 2 is 1.54 bits per heavy atom. The Morgan fingerprint density at radius 3 is 2.12 bits per heavy atom. The molecule has 0 aliphatic carbocycles. The topological polar surface area (TPSA) is 75.7 Å². The smallest absolute Gasteiger partial charge is 0.262 e. The minimum absolute atomic E-state index is 0.319. The van der Waals surface area contributed by atoms with Gasteiger partial charge in [-0.2, -0.15) is 0 Å². The SMILES string of the molecule is COc1ccccc1NC(=O)[C@@H](C)N1C(=O)c2ccccc2C1=O. The maximum atomic E-state index is 12.5. The van der Waals surface area contributed by atoms with Crippen LogP contribution in [0.5, 0.6) is 5.75 Å². The van der Waals surface area contributed by atoms with Crippen LogP contribution in [0.4, 0.5) is 5.69 Å². The third-order valence-corrected chi connectivity index (χ3v) is 3.96. The fourth-order valence-electron chi connectivity index (χ4n) is 2.66. The lowest BCUT2D eigenvalue weighted by Gasteiger charge is -2.22. The number of ether oxygens (including phenoxy) is 1. The summed E-state index contributed by atoms with van der Waals surface area (Å²) in [5.41, 5.74) is 1.12. The van der Waals surface area contributed by atoms with Crippen molar-refractivity contribution in [3.05, 3.63) is 59.7 Å². The first kappa shape index (κ1) is 15.7. The van der Waals surface area contributed by atoms with E-state index in [9.17, 15) is 14.4 Å². The van der Waals surface area contributed by atoms with E-state index < -0.39 is 23.8 Å². The zero-order valence-electron chi connectivity index (χ0n) is 13.3. The summed E-state index contributed by atoms with van der Waals surface area (Å²) in [5, 5.41) is 2.70. The van der Waals surface area contributed by atoms with E-state index in [0.29, 0.717) is 22.6 Å². The number of hydrogen-bond donors (Lipinski definition) is 1. The van der Waals surface area contributed by atoms with Crippen LogP contribution in [0.25, 0.3) is 0 Å². The highest BCUT2D eigenvalue weighted by Crippen LogP contribution is 2.26. The van der Waals surface area contributed by atoms with Gasteiger partial charge in [0.25, 0.3) is 11.8 Å². The van der Waals surface area contributed by atoms with Crippen LogP contribution >= 0.6 is 0 Å². The van der Waals surface area contributed by atoms with Gasteiger partial charge in [-0.25, -0.2) is 0 Å². The zero-order valence-corrected chi connectivity index (χ0v) is 13.3. The van der Waals surface area contributed by atoms with Gasteiger partial charge in [-0.15, -0.1) is 0 Å². The van der Waals surface area contributed by atoms with Crippen molar-refractivity contribution in [2.45, 2.75) is 13.0 Å². The van der Waals surface area contributed by atoms with E-state index >= 15 is 0 Å². The molecule has 3 amide bonds. The Bertz CT molecular complexity index is 796.